The quantitative estimate of drug-likeness (QED) is 0.227. The van der Waals surface area contributed by atoms with Gasteiger partial charge in [-0.3, -0.25) is 0 Å². The first-order chi connectivity index (χ1) is 19.5. The van der Waals surface area contributed by atoms with Gasteiger partial charge in [0.15, 0.2) is 0 Å². The fourth-order valence-corrected chi connectivity index (χ4v) is 6.59. The Morgan fingerprint density at radius 2 is 1.73 bits per heavy atom. The van der Waals surface area contributed by atoms with Gasteiger partial charge in [0, 0.05) is 34.0 Å². The number of aryl methyl sites for hydroxylation is 2. The highest BCUT2D eigenvalue weighted by atomic mass is 16.5. The number of pyridine rings is 1. The number of carboxylic acids is 1. The zero-order chi connectivity index (χ0) is 27.8. The molecule has 1 saturated carbocycles. The van der Waals surface area contributed by atoms with Gasteiger partial charge in [0.25, 0.3) is 0 Å². The smallest absolute Gasteiger partial charge is 0.335 e. The van der Waals surface area contributed by atoms with Crippen LogP contribution in [0, 0.1) is 6.92 Å². The average Bonchev–Trinajstić information content (AvgIpc) is 3.31. The molecule has 5 nitrogen and oxygen atoms in total. The lowest BCUT2D eigenvalue weighted by atomic mass is 9.81. The van der Waals surface area contributed by atoms with Gasteiger partial charge in [0.2, 0.25) is 0 Å². The van der Waals surface area contributed by atoms with Crippen LogP contribution in [0.25, 0.3) is 44.3 Å². The fraction of sp³-hybridized carbons (Fsp3) is 0.314. The van der Waals surface area contributed by atoms with Crippen LogP contribution in [-0.2, 0) is 6.54 Å². The largest absolute Gasteiger partial charge is 0.497 e. The maximum absolute atomic E-state index is 11.9. The molecule has 0 aliphatic heterocycles. The summed E-state index contributed by atoms with van der Waals surface area (Å²) in [6.45, 7) is 5.23. The minimum Gasteiger partial charge on any atom is -0.497 e. The predicted octanol–water partition coefficient (Wildman–Crippen LogP) is 9.00. The van der Waals surface area contributed by atoms with Crippen molar-refractivity contribution in [3.8, 4) is 28.3 Å². The number of aromatic nitrogens is 2. The summed E-state index contributed by atoms with van der Waals surface area (Å²) in [5.41, 5.74) is 9.41. The SMILES string of the molecule is CCCn1c(-c2ccc3nc(-c4ccc(OC)cc4)ccc3c2C)c(C2CCCCC2)c2ccc(C(=O)O)cc21. The van der Waals surface area contributed by atoms with E-state index in [0.29, 0.717) is 11.5 Å². The molecule has 0 saturated heterocycles. The van der Waals surface area contributed by atoms with Crippen LogP contribution in [0.2, 0.25) is 0 Å². The first kappa shape index (κ1) is 26.1. The van der Waals surface area contributed by atoms with Gasteiger partial charge in [0.05, 0.1) is 29.6 Å². The average molecular weight is 533 g/mol. The standard InChI is InChI=1S/C35H36N2O3/c1-4-20-37-32-21-25(35(38)39)12-15-29(32)33(24-8-6-5-7-9-24)34(37)28-17-19-31-27(22(28)2)16-18-30(36-31)23-10-13-26(40-3)14-11-23/h10-19,21,24H,4-9,20H2,1-3H3,(H,38,39). The second-order valence-corrected chi connectivity index (χ2v) is 11.0. The van der Waals surface area contributed by atoms with Crippen LogP contribution in [0.1, 0.15) is 72.9 Å². The van der Waals surface area contributed by atoms with E-state index in [1.54, 1.807) is 13.2 Å². The van der Waals surface area contributed by atoms with Crippen LogP contribution >= 0.6 is 0 Å². The second kappa shape index (κ2) is 10.8. The van der Waals surface area contributed by atoms with Crippen molar-refractivity contribution in [1.82, 2.24) is 9.55 Å². The third-order valence-corrected chi connectivity index (χ3v) is 8.59. The summed E-state index contributed by atoms with van der Waals surface area (Å²) in [4.78, 5) is 16.9. The molecule has 0 atom stereocenters. The molecule has 0 amide bonds. The van der Waals surface area contributed by atoms with E-state index in [1.165, 1.54) is 59.9 Å². The molecule has 6 rings (SSSR count). The van der Waals surface area contributed by atoms with Crippen molar-refractivity contribution < 1.29 is 14.6 Å². The molecular formula is C35H36N2O3. The van der Waals surface area contributed by atoms with Gasteiger partial charge in [-0.15, -0.1) is 0 Å². The monoisotopic (exact) mass is 532 g/mol. The normalized spacial score (nSPS) is 14.2. The number of carboxylic acid groups (broad SMARTS) is 1. The third-order valence-electron chi connectivity index (χ3n) is 8.59. The number of benzene rings is 3. The molecule has 0 bridgehead atoms. The Labute approximate surface area is 235 Å². The lowest BCUT2D eigenvalue weighted by Gasteiger charge is -2.24. The number of hydrogen-bond donors (Lipinski definition) is 1. The summed E-state index contributed by atoms with van der Waals surface area (Å²) in [6.07, 6.45) is 7.10. The highest BCUT2D eigenvalue weighted by Crippen LogP contribution is 2.46. The minimum absolute atomic E-state index is 0.342. The number of nitrogens with zero attached hydrogens (tertiary/aromatic N) is 2. The van der Waals surface area contributed by atoms with Crippen molar-refractivity contribution in [2.24, 2.45) is 0 Å². The van der Waals surface area contributed by atoms with Gasteiger partial charge < -0.3 is 14.4 Å². The van der Waals surface area contributed by atoms with E-state index >= 15 is 0 Å². The Morgan fingerprint density at radius 1 is 0.975 bits per heavy atom. The van der Waals surface area contributed by atoms with Crippen molar-refractivity contribution in [3.05, 3.63) is 83.4 Å². The van der Waals surface area contributed by atoms with Gasteiger partial charge in [-0.25, -0.2) is 9.78 Å². The van der Waals surface area contributed by atoms with Crippen LogP contribution < -0.4 is 4.74 Å². The van der Waals surface area contributed by atoms with Crippen molar-refractivity contribution in [3.63, 3.8) is 0 Å². The molecule has 0 radical (unpaired) electrons. The topological polar surface area (TPSA) is 64.4 Å². The predicted molar refractivity (Wildman–Crippen MR) is 162 cm³/mol. The highest BCUT2D eigenvalue weighted by molar-refractivity contribution is 6.00. The number of carbonyl (C=O) groups is 1. The highest BCUT2D eigenvalue weighted by Gasteiger charge is 2.28. The van der Waals surface area contributed by atoms with Crippen LogP contribution in [0.4, 0.5) is 0 Å². The molecule has 0 unspecified atom stereocenters. The number of methoxy groups -OCH3 is 1. The summed E-state index contributed by atoms with van der Waals surface area (Å²) in [6, 6.07) is 22.4. The Kier molecular flexibility index (Phi) is 7.05. The van der Waals surface area contributed by atoms with Crippen molar-refractivity contribution in [2.45, 2.75) is 64.8 Å². The minimum atomic E-state index is -0.882. The number of aromatic carboxylic acids is 1. The Balaban J connectivity index is 1.55. The molecule has 2 aromatic heterocycles. The van der Waals surface area contributed by atoms with Crippen LogP contribution in [0.3, 0.4) is 0 Å². The third kappa shape index (κ3) is 4.53. The molecular weight excluding hydrogens is 496 g/mol. The number of hydrogen-bond acceptors (Lipinski definition) is 3. The summed E-state index contributed by atoms with van der Waals surface area (Å²) in [5, 5.41) is 12.1. The number of rotatable bonds is 7. The Morgan fingerprint density at radius 3 is 2.42 bits per heavy atom. The molecule has 0 spiro atoms. The van der Waals surface area contributed by atoms with Gasteiger partial charge >= 0.3 is 5.97 Å². The van der Waals surface area contributed by atoms with Crippen LogP contribution in [0.15, 0.2) is 66.7 Å². The summed E-state index contributed by atoms with van der Waals surface area (Å²) < 4.78 is 7.70. The van der Waals surface area contributed by atoms with E-state index in [-0.39, 0.29) is 0 Å². The Bertz CT molecular complexity index is 1710. The van der Waals surface area contributed by atoms with E-state index in [9.17, 15) is 9.90 Å². The van der Waals surface area contributed by atoms with E-state index in [0.717, 1.165) is 46.4 Å². The van der Waals surface area contributed by atoms with Crippen molar-refractivity contribution in [1.29, 1.82) is 0 Å². The van der Waals surface area contributed by atoms with Crippen LogP contribution in [-0.4, -0.2) is 27.7 Å². The van der Waals surface area contributed by atoms with E-state index < -0.39 is 5.97 Å². The molecule has 1 fully saturated rings. The second-order valence-electron chi connectivity index (χ2n) is 11.0. The summed E-state index contributed by atoms with van der Waals surface area (Å²) >= 11 is 0. The van der Waals surface area contributed by atoms with Crippen LogP contribution in [0.5, 0.6) is 5.75 Å². The molecule has 3 aromatic carbocycles. The maximum Gasteiger partial charge on any atom is 0.335 e. The molecule has 2 heterocycles. The number of ether oxygens (including phenoxy) is 1. The summed E-state index contributed by atoms with van der Waals surface area (Å²) in [5.74, 6) is 0.426. The molecule has 5 heteroatoms. The van der Waals surface area contributed by atoms with E-state index in [1.807, 2.05) is 30.3 Å². The Hall–Kier alpha value is -4.12. The zero-order valence-electron chi connectivity index (χ0n) is 23.5. The first-order valence-corrected chi connectivity index (χ1v) is 14.4. The molecule has 40 heavy (non-hydrogen) atoms. The van der Waals surface area contributed by atoms with Gasteiger partial charge in [-0.2, -0.15) is 0 Å². The van der Waals surface area contributed by atoms with Crippen molar-refractivity contribution in [2.75, 3.05) is 7.11 Å². The fourth-order valence-electron chi connectivity index (χ4n) is 6.59. The van der Waals surface area contributed by atoms with Gasteiger partial charge in [0.1, 0.15) is 5.75 Å². The molecule has 1 aliphatic carbocycles. The van der Waals surface area contributed by atoms with E-state index in [4.69, 9.17) is 9.72 Å². The lowest BCUT2D eigenvalue weighted by Crippen LogP contribution is -2.08. The number of fused-ring (bicyclic) bond motifs is 2. The molecule has 1 aliphatic rings. The molecule has 5 aromatic rings. The maximum atomic E-state index is 11.9. The lowest BCUT2D eigenvalue weighted by molar-refractivity contribution is 0.0697. The zero-order valence-corrected chi connectivity index (χ0v) is 23.5. The first-order valence-electron chi connectivity index (χ1n) is 14.4. The van der Waals surface area contributed by atoms with Crippen molar-refractivity contribution >= 4 is 27.8 Å². The summed E-state index contributed by atoms with van der Waals surface area (Å²) in [7, 11) is 1.67. The molecule has 1 N–H and O–H groups in total. The molecule has 204 valence electrons. The van der Waals surface area contributed by atoms with Gasteiger partial charge in [-0.05, 0) is 91.8 Å². The van der Waals surface area contributed by atoms with E-state index in [2.05, 4.69) is 48.7 Å². The van der Waals surface area contributed by atoms with Gasteiger partial charge in [-0.1, -0.05) is 44.4 Å².